The van der Waals surface area contributed by atoms with Gasteiger partial charge in [-0.2, -0.15) is 0 Å². The number of ether oxygens (including phenoxy) is 2. The number of nitro benzene ring substituents is 1. The number of esters is 1. The maximum Gasteiger partial charge on any atom is 0.337 e. The SMILES string of the molecule is CC1=C(C(=O)OC(C)C)C(c2ccc(OCc3ccccc3)cc2)c2c(nc(SCc3ccc([N+](=O)[O-])cc3)[nH]c2=O)N1. The predicted molar refractivity (Wildman–Crippen MR) is 164 cm³/mol. The van der Waals surface area contributed by atoms with E-state index in [1.54, 1.807) is 32.9 Å². The smallest absolute Gasteiger partial charge is 0.337 e. The van der Waals surface area contributed by atoms with Gasteiger partial charge in [-0.3, -0.25) is 14.9 Å². The van der Waals surface area contributed by atoms with Crippen LogP contribution in [0, 0.1) is 10.1 Å². The number of nitrogens with one attached hydrogen (secondary N) is 2. The molecule has 220 valence electrons. The summed E-state index contributed by atoms with van der Waals surface area (Å²) in [4.78, 5) is 44.9. The third kappa shape index (κ3) is 6.95. The molecule has 2 heterocycles. The van der Waals surface area contributed by atoms with E-state index >= 15 is 0 Å². The van der Waals surface area contributed by atoms with E-state index in [1.165, 1.54) is 23.9 Å². The summed E-state index contributed by atoms with van der Waals surface area (Å²) in [6.45, 7) is 5.71. The number of aromatic amines is 1. The maximum atomic E-state index is 13.6. The Kier molecular flexibility index (Phi) is 8.91. The fourth-order valence-electron chi connectivity index (χ4n) is 4.74. The van der Waals surface area contributed by atoms with Crippen LogP contribution in [0.5, 0.6) is 5.75 Å². The van der Waals surface area contributed by atoms with Crippen molar-refractivity contribution in [2.45, 2.75) is 50.3 Å². The minimum absolute atomic E-state index is 0.00848. The molecule has 43 heavy (non-hydrogen) atoms. The van der Waals surface area contributed by atoms with Crippen molar-refractivity contribution in [2.24, 2.45) is 0 Å². The number of nitro groups is 1. The highest BCUT2D eigenvalue weighted by molar-refractivity contribution is 7.98. The topological polar surface area (TPSA) is 136 Å². The van der Waals surface area contributed by atoms with Gasteiger partial charge in [0.05, 0.1) is 28.1 Å². The Morgan fingerprint density at radius 3 is 2.37 bits per heavy atom. The molecular formula is C32H30N4O6S. The summed E-state index contributed by atoms with van der Waals surface area (Å²) in [6, 6.07) is 23.4. The Morgan fingerprint density at radius 2 is 1.72 bits per heavy atom. The second-order valence-electron chi connectivity index (χ2n) is 10.2. The van der Waals surface area contributed by atoms with E-state index in [2.05, 4.69) is 15.3 Å². The van der Waals surface area contributed by atoms with Gasteiger partial charge in [0.1, 0.15) is 18.2 Å². The van der Waals surface area contributed by atoms with Gasteiger partial charge in [0, 0.05) is 23.6 Å². The number of benzene rings is 3. The van der Waals surface area contributed by atoms with Crippen molar-refractivity contribution in [2.75, 3.05) is 5.32 Å². The van der Waals surface area contributed by atoms with Gasteiger partial charge in [-0.15, -0.1) is 0 Å². The molecule has 1 aromatic heterocycles. The van der Waals surface area contributed by atoms with Gasteiger partial charge in [0.2, 0.25) is 0 Å². The van der Waals surface area contributed by atoms with Gasteiger partial charge in [-0.25, -0.2) is 9.78 Å². The molecule has 0 aliphatic carbocycles. The molecule has 0 radical (unpaired) electrons. The fourth-order valence-corrected chi connectivity index (χ4v) is 5.56. The first-order valence-electron chi connectivity index (χ1n) is 13.7. The summed E-state index contributed by atoms with van der Waals surface area (Å²) in [6.07, 6.45) is -0.349. The van der Waals surface area contributed by atoms with Crippen molar-refractivity contribution >= 4 is 29.2 Å². The second-order valence-corrected chi connectivity index (χ2v) is 11.2. The van der Waals surface area contributed by atoms with Gasteiger partial charge in [0.15, 0.2) is 5.16 Å². The number of thioether (sulfide) groups is 1. The lowest BCUT2D eigenvalue weighted by Gasteiger charge is -2.29. The average Bonchev–Trinajstić information content (AvgIpc) is 2.99. The molecule has 1 unspecified atom stereocenters. The number of carbonyl (C=O) groups is 1. The van der Waals surface area contributed by atoms with E-state index < -0.39 is 16.8 Å². The summed E-state index contributed by atoms with van der Waals surface area (Å²) in [5, 5.41) is 14.5. The van der Waals surface area contributed by atoms with Crippen LogP contribution >= 0.6 is 11.8 Å². The molecule has 0 saturated carbocycles. The molecule has 0 amide bonds. The fraction of sp³-hybridized carbons (Fsp3) is 0.219. The predicted octanol–water partition coefficient (Wildman–Crippen LogP) is 6.33. The zero-order valence-corrected chi connectivity index (χ0v) is 24.6. The number of anilines is 1. The highest BCUT2D eigenvalue weighted by atomic mass is 32.2. The van der Waals surface area contributed by atoms with E-state index in [1.807, 2.05) is 54.6 Å². The molecule has 0 spiro atoms. The van der Waals surface area contributed by atoms with Crippen LogP contribution in [0.15, 0.2) is 100 Å². The van der Waals surface area contributed by atoms with E-state index in [-0.39, 0.29) is 17.4 Å². The molecular weight excluding hydrogens is 568 g/mol. The van der Waals surface area contributed by atoms with Gasteiger partial charge < -0.3 is 19.8 Å². The number of fused-ring (bicyclic) bond motifs is 1. The highest BCUT2D eigenvalue weighted by Crippen LogP contribution is 2.41. The van der Waals surface area contributed by atoms with Crippen LogP contribution in [0.3, 0.4) is 0 Å². The first-order chi connectivity index (χ1) is 20.7. The summed E-state index contributed by atoms with van der Waals surface area (Å²) in [5.41, 5.74) is 3.38. The van der Waals surface area contributed by atoms with Crippen LogP contribution in [0.4, 0.5) is 11.5 Å². The number of allylic oxidation sites excluding steroid dienone is 1. The molecule has 11 heteroatoms. The van der Waals surface area contributed by atoms with Crippen LogP contribution in [-0.2, 0) is 21.9 Å². The number of aromatic nitrogens is 2. The minimum Gasteiger partial charge on any atom is -0.489 e. The molecule has 0 bridgehead atoms. The Balaban J connectivity index is 1.44. The van der Waals surface area contributed by atoms with Crippen molar-refractivity contribution < 1.29 is 19.2 Å². The van der Waals surface area contributed by atoms with Crippen LogP contribution in [-0.4, -0.2) is 27.0 Å². The van der Waals surface area contributed by atoms with E-state index in [4.69, 9.17) is 9.47 Å². The normalized spacial score (nSPS) is 14.2. The lowest BCUT2D eigenvalue weighted by atomic mass is 9.82. The largest absolute Gasteiger partial charge is 0.489 e. The number of non-ortho nitro benzene ring substituents is 1. The summed E-state index contributed by atoms with van der Waals surface area (Å²) in [7, 11) is 0. The van der Waals surface area contributed by atoms with Crippen LogP contribution in [0.1, 0.15) is 48.9 Å². The van der Waals surface area contributed by atoms with Crippen molar-refractivity contribution in [1.82, 2.24) is 9.97 Å². The Labute approximate surface area is 252 Å². The van der Waals surface area contributed by atoms with E-state index in [0.29, 0.717) is 51.5 Å². The van der Waals surface area contributed by atoms with Gasteiger partial charge in [-0.1, -0.05) is 66.4 Å². The molecule has 0 saturated heterocycles. The van der Waals surface area contributed by atoms with Crippen molar-refractivity contribution in [1.29, 1.82) is 0 Å². The molecule has 1 atom stereocenters. The molecule has 1 aliphatic rings. The van der Waals surface area contributed by atoms with Crippen molar-refractivity contribution in [3.63, 3.8) is 0 Å². The third-order valence-electron chi connectivity index (χ3n) is 6.77. The number of rotatable bonds is 10. The molecule has 1 aliphatic heterocycles. The number of carbonyl (C=O) groups excluding carboxylic acids is 1. The number of nitrogens with zero attached hydrogens (tertiary/aromatic N) is 2. The molecule has 2 N–H and O–H groups in total. The molecule has 10 nitrogen and oxygen atoms in total. The van der Waals surface area contributed by atoms with Crippen LogP contribution in [0.2, 0.25) is 0 Å². The third-order valence-corrected chi connectivity index (χ3v) is 7.71. The van der Waals surface area contributed by atoms with Crippen molar-refractivity contribution in [3.05, 3.63) is 133 Å². The van der Waals surface area contributed by atoms with Gasteiger partial charge in [0.25, 0.3) is 11.2 Å². The highest BCUT2D eigenvalue weighted by Gasteiger charge is 2.36. The number of hydrogen-bond acceptors (Lipinski definition) is 9. The molecule has 4 aromatic rings. The zero-order chi connectivity index (χ0) is 30.5. The maximum absolute atomic E-state index is 13.6. The Bertz CT molecular complexity index is 1720. The first-order valence-corrected chi connectivity index (χ1v) is 14.6. The van der Waals surface area contributed by atoms with E-state index in [9.17, 15) is 19.7 Å². The zero-order valence-electron chi connectivity index (χ0n) is 23.8. The minimum atomic E-state index is -0.726. The van der Waals surface area contributed by atoms with Crippen LogP contribution in [0.25, 0.3) is 0 Å². The lowest BCUT2D eigenvalue weighted by molar-refractivity contribution is -0.384. The first kappa shape index (κ1) is 29.6. The Morgan fingerprint density at radius 1 is 1.02 bits per heavy atom. The number of H-pyrrole nitrogens is 1. The second kappa shape index (κ2) is 13.0. The summed E-state index contributed by atoms with van der Waals surface area (Å²) >= 11 is 1.29. The molecule has 0 fully saturated rings. The summed E-state index contributed by atoms with van der Waals surface area (Å²) in [5.74, 6) is 0.197. The molecule has 3 aromatic carbocycles. The quantitative estimate of drug-likeness (QED) is 0.0705. The average molecular weight is 599 g/mol. The monoisotopic (exact) mass is 598 g/mol. The lowest BCUT2D eigenvalue weighted by Crippen LogP contribution is -2.31. The number of hydrogen-bond donors (Lipinski definition) is 2. The van der Waals surface area contributed by atoms with E-state index in [0.717, 1.165) is 11.1 Å². The van der Waals surface area contributed by atoms with Gasteiger partial charge in [-0.05, 0) is 49.6 Å². The summed E-state index contributed by atoms with van der Waals surface area (Å²) < 4.78 is 11.5. The molecule has 5 rings (SSSR count). The standard InChI is InChI=1S/C32H30N4O6S/c1-19(2)42-31(38)26-20(3)33-29-28(27(26)23-11-15-25(16-12-23)41-17-21-7-5-4-6-8-21)30(37)35-32(34-29)43-18-22-9-13-24(14-10-22)36(39)40/h4-16,19,27H,17-18H2,1-3H3,(H2,33,34,35,37). The van der Waals surface area contributed by atoms with Gasteiger partial charge >= 0.3 is 5.97 Å². The Hall–Kier alpha value is -4.90. The van der Waals surface area contributed by atoms with Crippen LogP contribution < -0.4 is 15.6 Å². The van der Waals surface area contributed by atoms with Crippen molar-refractivity contribution in [3.8, 4) is 5.75 Å².